The average molecular weight is 624 g/mol. The molecule has 3 aliphatic rings. The van der Waals surface area contributed by atoms with Crippen molar-refractivity contribution in [1.29, 1.82) is 0 Å². The number of carbonyl (C=O) groups is 3. The number of hydrogen-bond acceptors (Lipinski definition) is 7. The van der Waals surface area contributed by atoms with Gasteiger partial charge in [-0.3, -0.25) is 23.7 Å². The minimum Gasteiger partial charge on any atom is -0.378 e. The molecule has 0 bridgehead atoms. The number of rotatable bonds is 4. The van der Waals surface area contributed by atoms with Gasteiger partial charge in [0.25, 0.3) is 0 Å². The van der Waals surface area contributed by atoms with E-state index in [0.29, 0.717) is 46.8 Å². The minimum atomic E-state index is -4.66. The van der Waals surface area contributed by atoms with Crippen LogP contribution in [0.5, 0.6) is 0 Å². The summed E-state index contributed by atoms with van der Waals surface area (Å²) in [6.07, 6.45) is -4.66. The molecule has 6 rings (SSSR count). The lowest BCUT2D eigenvalue weighted by Gasteiger charge is -2.31. The van der Waals surface area contributed by atoms with Gasteiger partial charge >= 0.3 is 11.0 Å². The summed E-state index contributed by atoms with van der Waals surface area (Å²) in [5, 5.41) is -0.184. The Hall–Kier alpha value is -3.13. The Morgan fingerprint density at radius 1 is 1.02 bits per heavy atom. The number of fused-ring (bicyclic) bond motifs is 2. The summed E-state index contributed by atoms with van der Waals surface area (Å²) < 4.78 is 47.0. The first-order valence-corrected chi connectivity index (χ1v) is 14.7. The van der Waals surface area contributed by atoms with Crippen LogP contribution in [0.4, 0.5) is 18.9 Å². The van der Waals surface area contributed by atoms with Crippen LogP contribution in [0.3, 0.4) is 0 Å². The quantitative estimate of drug-likeness (QED) is 0.404. The third-order valence-electron chi connectivity index (χ3n) is 7.37. The molecular weight excluding hydrogens is 603 g/mol. The van der Waals surface area contributed by atoms with E-state index in [2.05, 4.69) is 0 Å². The molecule has 3 atom stereocenters. The van der Waals surface area contributed by atoms with E-state index in [-0.39, 0.29) is 18.1 Å². The Morgan fingerprint density at radius 3 is 2.41 bits per heavy atom. The zero-order valence-corrected chi connectivity index (χ0v) is 23.5. The predicted octanol–water partition coefficient (Wildman–Crippen LogP) is 4.24. The molecule has 0 aliphatic carbocycles. The van der Waals surface area contributed by atoms with Crippen molar-refractivity contribution in [3.8, 4) is 0 Å². The second-order valence-corrected chi connectivity index (χ2v) is 12.3. The third kappa shape index (κ3) is 4.98. The normalized spacial score (nSPS) is 22.6. The van der Waals surface area contributed by atoms with Crippen molar-refractivity contribution in [3.05, 3.63) is 79.2 Å². The molecule has 0 unspecified atom stereocenters. The van der Waals surface area contributed by atoms with E-state index >= 15 is 0 Å². The van der Waals surface area contributed by atoms with Gasteiger partial charge in [-0.05, 0) is 35.9 Å². The third-order valence-corrected chi connectivity index (χ3v) is 10.2. The van der Waals surface area contributed by atoms with E-state index in [1.54, 1.807) is 29.2 Å². The second-order valence-electron chi connectivity index (χ2n) is 9.77. The van der Waals surface area contributed by atoms with E-state index in [0.717, 1.165) is 46.2 Å². The number of carbonyl (C=O) groups excluding carboxylic acids is 3. The van der Waals surface area contributed by atoms with Crippen LogP contribution in [0.25, 0.3) is 0 Å². The first-order valence-electron chi connectivity index (χ1n) is 12.6. The van der Waals surface area contributed by atoms with Crippen LogP contribution in [-0.4, -0.2) is 58.7 Å². The van der Waals surface area contributed by atoms with Gasteiger partial charge in [-0.25, -0.2) is 4.90 Å². The molecule has 2 saturated heterocycles. The summed E-state index contributed by atoms with van der Waals surface area (Å²) in [7, 11) is 0. The molecule has 0 radical (unpaired) electrons. The fourth-order valence-corrected chi connectivity index (χ4v) is 8.31. The van der Waals surface area contributed by atoms with E-state index in [9.17, 15) is 32.3 Å². The van der Waals surface area contributed by atoms with Crippen LogP contribution < -0.4 is 9.77 Å². The van der Waals surface area contributed by atoms with Crippen molar-refractivity contribution in [2.24, 2.45) is 5.92 Å². The highest BCUT2D eigenvalue weighted by Crippen LogP contribution is 2.54. The van der Waals surface area contributed by atoms with Crippen LogP contribution in [0.1, 0.15) is 21.9 Å². The summed E-state index contributed by atoms with van der Waals surface area (Å²) in [6.45, 7) is 1.32. The molecular formula is C27H21ClF3N3O5S2. The van der Waals surface area contributed by atoms with Crippen LogP contribution >= 0.6 is 34.7 Å². The standard InChI is InChI=1S/C27H21ClF3N3O5S2/c28-16-6-4-14(5-7-16)19-20-21(24(37)34(23(20)36)17-3-1-2-15(12-17)27(29,30)31)40-25-22(19)41-26(38)33(25)13-18(35)32-8-10-39-11-9-32/h1-7,12,19-21H,8-11,13H2/t19-,20+,21-/m0/s1. The fraction of sp³-hybridized carbons (Fsp3) is 0.333. The monoisotopic (exact) mass is 623 g/mol. The van der Waals surface area contributed by atoms with Crippen LogP contribution in [-0.2, 0) is 31.8 Å². The zero-order valence-electron chi connectivity index (χ0n) is 21.1. The van der Waals surface area contributed by atoms with Crippen molar-refractivity contribution < 1.29 is 32.3 Å². The maximum absolute atomic E-state index is 13.9. The van der Waals surface area contributed by atoms with Crippen LogP contribution in [0, 0.1) is 5.92 Å². The molecule has 14 heteroatoms. The SMILES string of the molecule is O=C(Cn1c2c(sc1=O)[C@@H](c1ccc(Cl)cc1)[C@H]1C(=O)N(c3cccc(C(F)(F)F)c3)C(=O)[C@H]1S2)N1CCOCC1. The molecule has 2 aromatic carbocycles. The Balaban J connectivity index is 1.43. The topological polar surface area (TPSA) is 88.9 Å². The molecule has 0 spiro atoms. The Bertz CT molecular complexity index is 1600. The number of hydrogen-bond donors (Lipinski definition) is 0. The van der Waals surface area contributed by atoms with Gasteiger partial charge < -0.3 is 9.64 Å². The number of aromatic nitrogens is 1. The van der Waals surface area contributed by atoms with Crippen molar-refractivity contribution in [1.82, 2.24) is 9.47 Å². The van der Waals surface area contributed by atoms with E-state index < -0.39 is 45.5 Å². The number of benzene rings is 2. The second kappa shape index (κ2) is 10.6. The van der Waals surface area contributed by atoms with Crippen LogP contribution in [0.2, 0.25) is 5.02 Å². The summed E-state index contributed by atoms with van der Waals surface area (Å²) in [4.78, 5) is 56.4. The molecule has 2 fully saturated rings. The summed E-state index contributed by atoms with van der Waals surface area (Å²) >= 11 is 8.00. The lowest BCUT2D eigenvalue weighted by atomic mass is 9.83. The summed E-state index contributed by atoms with van der Waals surface area (Å²) in [6, 6.07) is 10.7. The van der Waals surface area contributed by atoms with Gasteiger partial charge in [0, 0.05) is 28.9 Å². The Labute approximate surface area is 244 Å². The maximum Gasteiger partial charge on any atom is 0.416 e. The molecule has 0 saturated carbocycles. The molecule has 214 valence electrons. The van der Waals surface area contributed by atoms with Crippen LogP contribution in [0.15, 0.2) is 58.4 Å². The summed E-state index contributed by atoms with van der Waals surface area (Å²) in [5.41, 5.74) is -0.546. The Kier molecular flexibility index (Phi) is 7.25. The lowest BCUT2D eigenvalue weighted by molar-refractivity contribution is -0.138. The van der Waals surface area contributed by atoms with Gasteiger partial charge in [0.2, 0.25) is 17.7 Å². The van der Waals surface area contributed by atoms with Crippen molar-refractivity contribution in [2.45, 2.75) is 28.9 Å². The molecule has 8 nitrogen and oxygen atoms in total. The van der Waals surface area contributed by atoms with Gasteiger partial charge in [-0.1, -0.05) is 52.9 Å². The van der Waals surface area contributed by atoms with Gasteiger partial charge in [0.15, 0.2) is 0 Å². The van der Waals surface area contributed by atoms with Crippen molar-refractivity contribution >= 4 is 58.1 Å². The average Bonchev–Trinajstić information content (AvgIpc) is 3.39. The van der Waals surface area contributed by atoms with Gasteiger partial charge in [0.1, 0.15) is 11.8 Å². The number of ether oxygens (including phenoxy) is 1. The van der Waals surface area contributed by atoms with Crippen molar-refractivity contribution in [3.63, 3.8) is 0 Å². The number of alkyl halides is 3. The highest BCUT2D eigenvalue weighted by atomic mass is 35.5. The van der Waals surface area contributed by atoms with Gasteiger partial charge in [-0.2, -0.15) is 13.2 Å². The smallest absolute Gasteiger partial charge is 0.378 e. The van der Waals surface area contributed by atoms with Crippen molar-refractivity contribution in [2.75, 3.05) is 31.2 Å². The maximum atomic E-state index is 13.9. The first kappa shape index (κ1) is 28.0. The highest BCUT2D eigenvalue weighted by molar-refractivity contribution is 8.00. The number of anilines is 1. The minimum absolute atomic E-state index is 0.178. The number of morpholine rings is 1. The molecule has 3 aromatic rings. The number of halogens is 4. The number of imide groups is 1. The molecule has 4 heterocycles. The number of amides is 3. The van der Waals surface area contributed by atoms with E-state index in [1.807, 2.05) is 0 Å². The molecule has 1 aromatic heterocycles. The number of thioether (sulfide) groups is 1. The number of nitrogens with zero attached hydrogens (tertiary/aromatic N) is 3. The highest BCUT2D eigenvalue weighted by Gasteiger charge is 2.57. The van der Waals surface area contributed by atoms with Gasteiger partial charge in [0.05, 0.1) is 35.4 Å². The zero-order chi connectivity index (χ0) is 29.1. The first-order chi connectivity index (χ1) is 19.5. The molecule has 41 heavy (non-hydrogen) atoms. The predicted molar refractivity (Wildman–Crippen MR) is 146 cm³/mol. The fourth-order valence-electron chi connectivity index (χ4n) is 5.41. The molecule has 3 amide bonds. The lowest BCUT2D eigenvalue weighted by Crippen LogP contribution is -2.43. The molecule has 3 aliphatic heterocycles. The molecule has 0 N–H and O–H groups in total. The number of thiazole rings is 1. The Morgan fingerprint density at radius 2 is 1.73 bits per heavy atom. The summed E-state index contributed by atoms with van der Waals surface area (Å²) in [5.74, 6) is -3.36. The van der Waals surface area contributed by atoms with Gasteiger partial charge in [-0.15, -0.1) is 0 Å². The largest absolute Gasteiger partial charge is 0.416 e. The van der Waals surface area contributed by atoms with E-state index in [4.69, 9.17) is 16.3 Å². The van der Waals surface area contributed by atoms with E-state index in [1.165, 1.54) is 10.6 Å².